The van der Waals surface area contributed by atoms with Crippen LogP contribution in [0.25, 0.3) is 5.65 Å². The van der Waals surface area contributed by atoms with Crippen molar-refractivity contribution < 1.29 is 9.53 Å². The molecule has 0 aromatic carbocycles. The smallest absolute Gasteiger partial charge is 0.408 e. The van der Waals surface area contributed by atoms with Crippen LogP contribution in [0.1, 0.15) is 60.2 Å². The second-order valence-corrected chi connectivity index (χ2v) is 8.21. The van der Waals surface area contributed by atoms with E-state index in [2.05, 4.69) is 45.0 Å². The highest BCUT2D eigenvalue weighted by Crippen LogP contribution is 2.16. The maximum atomic E-state index is 12.3. The third-order valence-electron chi connectivity index (χ3n) is 4.82. The minimum Gasteiger partial charge on any atom is -0.444 e. The standard InChI is InChI=1S/C21H35N7O2/c1-7-21(8-2,25-19(29)30-20(4,5)6)15-24-18(22-9-3)23-14-17-27-26-16-12-10-11-13-28(16)17/h10-13H,7-9,14-15H2,1-6H3,(H,25,29)(H2,22,23,24). The van der Waals surface area contributed by atoms with Crippen LogP contribution in [-0.4, -0.2) is 50.9 Å². The summed E-state index contributed by atoms with van der Waals surface area (Å²) >= 11 is 0. The van der Waals surface area contributed by atoms with Gasteiger partial charge in [-0.2, -0.15) is 0 Å². The van der Waals surface area contributed by atoms with Gasteiger partial charge < -0.3 is 20.7 Å². The number of carbonyl (C=O) groups excluding carboxylic acids is 1. The topological polar surface area (TPSA) is 105 Å². The van der Waals surface area contributed by atoms with Crippen LogP contribution >= 0.6 is 0 Å². The molecule has 0 aliphatic rings. The van der Waals surface area contributed by atoms with Gasteiger partial charge >= 0.3 is 6.09 Å². The van der Waals surface area contributed by atoms with Crippen molar-refractivity contribution in [2.75, 3.05) is 13.1 Å². The van der Waals surface area contributed by atoms with Crippen LogP contribution in [0.3, 0.4) is 0 Å². The number of aromatic nitrogens is 3. The molecule has 0 spiro atoms. The summed E-state index contributed by atoms with van der Waals surface area (Å²) in [6.07, 6.45) is 3.02. The van der Waals surface area contributed by atoms with E-state index >= 15 is 0 Å². The lowest BCUT2D eigenvalue weighted by Gasteiger charge is -2.34. The minimum atomic E-state index is -0.540. The van der Waals surface area contributed by atoms with E-state index in [1.54, 1.807) is 0 Å². The van der Waals surface area contributed by atoms with Gasteiger partial charge in [-0.25, -0.2) is 9.79 Å². The molecule has 9 nitrogen and oxygen atoms in total. The van der Waals surface area contributed by atoms with Gasteiger partial charge in [-0.1, -0.05) is 19.9 Å². The lowest BCUT2D eigenvalue weighted by Crippen LogP contribution is -2.57. The molecule has 0 bridgehead atoms. The van der Waals surface area contributed by atoms with Gasteiger partial charge in [-0.3, -0.25) is 4.40 Å². The van der Waals surface area contributed by atoms with Crippen LogP contribution in [0.2, 0.25) is 0 Å². The van der Waals surface area contributed by atoms with Gasteiger partial charge in [-0.05, 0) is 52.7 Å². The Morgan fingerprint density at radius 1 is 1.13 bits per heavy atom. The normalized spacial score (nSPS) is 12.7. The molecule has 0 radical (unpaired) electrons. The van der Waals surface area contributed by atoms with E-state index in [4.69, 9.17) is 4.74 Å². The molecule has 0 saturated carbocycles. The molecular formula is C21H35N7O2. The first kappa shape index (κ1) is 23.4. The average molecular weight is 418 g/mol. The van der Waals surface area contributed by atoms with Gasteiger partial charge in [0, 0.05) is 19.3 Å². The molecule has 0 aliphatic carbocycles. The molecule has 30 heavy (non-hydrogen) atoms. The molecular weight excluding hydrogens is 382 g/mol. The van der Waals surface area contributed by atoms with Crippen molar-refractivity contribution in [3.63, 3.8) is 0 Å². The number of pyridine rings is 1. The Morgan fingerprint density at radius 2 is 1.87 bits per heavy atom. The summed E-state index contributed by atoms with van der Waals surface area (Å²) in [6.45, 7) is 13.3. The molecule has 9 heteroatoms. The zero-order valence-corrected chi connectivity index (χ0v) is 19.0. The molecule has 2 heterocycles. The maximum absolute atomic E-state index is 12.3. The number of alkyl carbamates (subject to hydrolysis) is 1. The summed E-state index contributed by atoms with van der Waals surface area (Å²) in [7, 11) is 0. The number of hydrogen-bond acceptors (Lipinski definition) is 5. The predicted octanol–water partition coefficient (Wildman–Crippen LogP) is 2.87. The average Bonchev–Trinajstić information content (AvgIpc) is 3.11. The van der Waals surface area contributed by atoms with Gasteiger partial charge in [0.15, 0.2) is 17.4 Å². The van der Waals surface area contributed by atoms with Crippen LogP contribution in [0.5, 0.6) is 0 Å². The van der Waals surface area contributed by atoms with E-state index in [1.165, 1.54) is 0 Å². The highest BCUT2D eigenvalue weighted by atomic mass is 16.6. The summed E-state index contributed by atoms with van der Waals surface area (Å²) < 4.78 is 7.36. The largest absolute Gasteiger partial charge is 0.444 e. The number of fused-ring (bicyclic) bond motifs is 1. The van der Waals surface area contributed by atoms with Crippen molar-refractivity contribution in [2.24, 2.45) is 4.99 Å². The molecule has 0 fully saturated rings. The molecule has 166 valence electrons. The number of guanidine groups is 1. The van der Waals surface area contributed by atoms with Crippen molar-refractivity contribution in [3.05, 3.63) is 30.2 Å². The van der Waals surface area contributed by atoms with Crippen LogP contribution in [0.4, 0.5) is 4.79 Å². The van der Waals surface area contributed by atoms with E-state index in [0.717, 1.165) is 30.9 Å². The zero-order chi connectivity index (χ0) is 22.2. The van der Waals surface area contributed by atoms with Gasteiger partial charge in [0.05, 0.1) is 5.54 Å². The zero-order valence-electron chi connectivity index (χ0n) is 19.0. The third kappa shape index (κ3) is 6.60. The van der Waals surface area contributed by atoms with Crippen LogP contribution in [0, 0.1) is 0 Å². The Labute approximate surface area is 178 Å². The molecule has 0 unspecified atom stereocenters. The van der Waals surface area contributed by atoms with Gasteiger partial charge in [0.25, 0.3) is 0 Å². The van der Waals surface area contributed by atoms with Crippen molar-refractivity contribution in [3.8, 4) is 0 Å². The Morgan fingerprint density at radius 3 is 2.50 bits per heavy atom. The lowest BCUT2D eigenvalue weighted by atomic mass is 9.93. The van der Waals surface area contributed by atoms with Crippen LogP contribution in [-0.2, 0) is 11.3 Å². The SMILES string of the molecule is CCNC(=NCc1nnc2ccccn12)NCC(CC)(CC)NC(=O)OC(C)(C)C. The Balaban J connectivity index is 2.07. The molecule has 1 amide bonds. The molecule has 2 rings (SSSR count). The number of hydrogen-bond donors (Lipinski definition) is 3. The number of ether oxygens (including phenoxy) is 1. The molecule has 0 atom stereocenters. The van der Waals surface area contributed by atoms with Gasteiger partial charge in [-0.15, -0.1) is 10.2 Å². The Bertz CT molecular complexity index is 850. The summed E-state index contributed by atoms with van der Waals surface area (Å²) in [5.41, 5.74) is -0.194. The Hall–Kier alpha value is -2.84. The molecule has 2 aromatic heterocycles. The number of nitrogens with zero attached hydrogens (tertiary/aromatic N) is 4. The van der Waals surface area contributed by atoms with Crippen LogP contribution < -0.4 is 16.0 Å². The van der Waals surface area contributed by atoms with E-state index in [0.29, 0.717) is 19.0 Å². The van der Waals surface area contributed by atoms with Crippen molar-refractivity contribution >= 4 is 17.7 Å². The first-order valence-corrected chi connectivity index (χ1v) is 10.5. The Kier molecular flexibility index (Phi) is 8.02. The second-order valence-electron chi connectivity index (χ2n) is 8.21. The maximum Gasteiger partial charge on any atom is 0.408 e. The van der Waals surface area contributed by atoms with E-state index in [9.17, 15) is 4.79 Å². The highest BCUT2D eigenvalue weighted by Gasteiger charge is 2.30. The first-order chi connectivity index (χ1) is 14.2. The molecule has 0 aliphatic heterocycles. The van der Waals surface area contributed by atoms with Gasteiger partial charge in [0.1, 0.15) is 12.1 Å². The fraction of sp³-hybridized carbons (Fsp3) is 0.619. The van der Waals surface area contributed by atoms with E-state index in [1.807, 2.05) is 56.5 Å². The molecule has 0 saturated heterocycles. The fourth-order valence-corrected chi connectivity index (χ4v) is 2.98. The van der Waals surface area contributed by atoms with Gasteiger partial charge in [0.2, 0.25) is 0 Å². The number of carbonyl (C=O) groups is 1. The highest BCUT2D eigenvalue weighted by molar-refractivity contribution is 5.80. The molecule has 2 aromatic rings. The lowest BCUT2D eigenvalue weighted by molar-refractivity contribution is 0.0448. The van der Waals surface area contributed by atoms with Crippen molar-refractivity contribution in [1.29, 1.82) is 0 Å². The number of amides is 1. The summed E-state index contributed by atoms with van der Waals surface area (Å²) in [5, 5.41) is 18.0. The van der Waals surface area contributed by atoms with E-state index in [-0.39, 0.29) is 0 Å². The summed E-state index contributed by atoms with van der Waals surface area (Å²) in [5.74, 6) is 1.41. The van der Waals surface area contributed by atoms with E-state index < -0.39 is 17.2 Å². The monoisotopic (exact) mass is 417 g/mol. The fourth-order valence-electron chi connectivity index (χ4n) is 2.98. The number of nitrogens with one attached hydrogen (secondary N) is 3. The number of aliphatic imine (C=N–C) groups is 1. The first-order valence-electron chi connectivity index (χ1n) is 10.5. The summed E-state index contributed by atoms with van der Waals surface area (Å²) in [4.78, 5) is 17.0. The summed E-state index contributed by atoms with van der Waals surface area (Å²) in [6, 6.07) is 5.77. The van der Waals surface area contributed by atoms with Crippen molar-refractivity contribution in [2.45, 2.75) is 72.1 Å². The van der Waals surface area contributed by atoms with Crippen molar-refractivity contribution in [1.82, 2.24) is 30.5 Å². The minimum absolute atomic E-state index is 0.380. The predicted molar refractivity (Wildman–Crippen MR) is 118 cm³/mol. The number of rotatable bonds is 8. The molecule has 3 N–H and O–H groups in total. The third-order valence-corrected chi connectivity index (χ3v) is 4.82. The quantitative estimate of drug-likeness (QED) is 0.451. The second kappa shape index (κ2) is 10.3. The van der Waals surface area contributed by atoms with Crippen LogP contribution in [0.15, 0.2) is 29.4 Å².